The molecule has 0 aromatic carbocycles. The molecule has 0 amide bonds. The van der Waals surface area contributed by atoms with Crippen LogP contribution in [-0.2, 0) is 4.79 Å². The number of rotatable bonds is 6. The normalized spacial score (nSPS) is 11.4. The van der Waals surface area contributed by atoms with Gasteiger partial charge in [-0.15, -0.1) is 0 Å². The van der Waals surface area contributed by atoms with Gasteiger partial charge in [0.1, 0.15) is 0 Å². The first-order valence-corrected chi connectivity index (χ1v) is 5.09. The Morgan fingerprint density at radius 2 is 1.79 bits per heavy atom. The van der Waals surface area contributed by atoms with Crippen LogP contribution in [0.2, 0.25) is 0 Å². The monoisotopic (exact) mass is 206 g/mol. The molecule has 0 aromatic heterocycles. The molecule has 0 radical (unpaired) electrons. The van der Waals surface area contributed by atoms with E-state index in [0.29, 0.717) is 12.8 Å². The smallest absolute Gasteiger partial charge is 0.303 e. The molecule has 0 heterocycles. The predicted molar refractivity (Wildman–Crippen MR) is 55.2 cm³/mol. The molecule has 4 heteroatoms. The molecule has 0 aliphatic heterocycles. The highest BCUT2D eigenvalue weighted by Crippen LogP contribution is 1.98. The lowest BCUT2D eigenvalue weighted by molar-refractivity contribution is -0.137. The zero-order chi connectivity index (χ0) is 11.4. The lowest BCUT2D eigenvalue weighted by Gasteiger charge is -2.04. The van der Waals surface area contributed by atoms with Crippen molar-refractivity contribution in [3.05, 3.63) is 0 Å². The maximum Gasteiger partial charge on any atom is 0.303 e. The summed E-state index contributed by atoms with van der Waals surface area (Å²) in [6.45, 7) is 3.95. The number of aliphatic hydroxyl groups excluding tert-OH is 2. The largest absolute Gasteiger partial charge is 0.481 e. The third kappa shape index (κ3) is 17.5. The van der Waals surface area contributed by atoms with Crippen molar-refractivity contribution in [3.63, 3.8) is 0 Å². The van der Waals surface area contributed by atoms with Crippen LogP contribution in [0.5, 0.6) is 0 Å². The molecule has 3 N–H and O–H groups in total. The minimum absolute atomic E-state index is 0.0984. The molecule has 0 aliphatic rings. The number of aliphatic carboxylic acids is 1. The van der Waals surface area contributed by atoms with E-state index in [1.165, 1.54) is 0 Å². The fourth-order valence-corrected chi connectivity index (χ4v) is 0.840. The molecule has 1 atom stereocenters. The lowest BCUT2D eigenvalue weighted by atomic mass is 10.2. The van der Waals surface area contributed by atoms with Crippen LogP contribution in [0, 0.1) is 0 Å². The summed E-state index contributed by atoms with van der Waals surface area (Å²) >= 11 is 0. The van der Waals surface area contributed by atoms with Crippen LogP contribution >= 0.6 is 0 Å². The molecular formula is C10H22O4. The first-order chi connectivity index (χ1) is 6.58. The number of hydrogen-bond donors (Lipinski definition) is 3. The summed E-state index contributed by atoms with van der Waals surface area (Å²) in [5, 5.41) is 25.1. The Balaban J connectivity index is 0. The van der Waals surface area contributed by atoms with Gasteiger partial charge in [-0.25, -0.2) is 0 Å². The van der Waals surface area contributed by atoms with Gasteiger partial charge in [0.2, 0.25) is 0 Å². The second-order valence-corrected chi connectivity index (χ2v) is 3.10. The van der Waals surface area contributed by atoms with Crippen molar-refractivity contribution in [3.8, 4) is 0 Å². The van der Waals surface area contributed by atoms with Gasteiger partial charge in [0.05, 0.1) is 6.10 Å². The molecule has 0 aliphatic carbocycles. The zero-order valence-corrected chi connectivity index (χ0v) is 9.07. The van der Waals surface area contributed by atoms with E-state index in [0.717, 1.165) is 19.3 Å². The molecule has 0 saturated heterocycles. The fraction of sp³-hybridized carbons (Fsp3) is 0.900. The van der Waals surface area contributed by atoms with Gasteiger partial charge < -0.3 is 15.3 Å². The Morgan fingerprint density at radius 1 is 1.21 bits per heavy atom. The highest BCUT2D eigenvalue weighted by molar-refractivity contribution is 5.66. The number of carbonyl (C=O) groups is 1. The second-order valence-electron chi connectivity index (χ2n) is 3.10. The van der Waals surface area contributed by atoms with E-state index >= 15 is 0 Å². The summed E-state index contributed by atoms with van der Waals surface area (Å²) in [5.41, 5.74) is 0. The van der Waals surface area contributed by atoms with Gasteiger partial charge in [-0.1, -0.05) is 20.3 Å². The molecule has 0 saturated carbocycles. The van der Waals surface area contributed by atoms with Gasteiger partial charge in [0, 0.05) is 13.0 Å². The molecule has 0 spiro atoms. The first kappa shape index (κ1) is 15.8. The van der Waals surface area contributed by atoms with Crippen molar-refractivity contribution in [2.75, 3.05) is 6.61 Å². The molecule has 0 aromatic rings. The molecule has 1 unspecified atom stereocenters. The first-order valence-electron chi connectivity index (χ1n) is 5.09. The Morgan fingerprint density at radius 3 is 2.00 bits per heavy atom. The van der Waals surface area contributed by atoms with Crippen LogP contribution in [0.25, 0.3) is 0 Å². The summed E-state index contributed by atoms with van der Waals surface area (Å²) in [6, 6.07) is 0. The molecule has 86 valence electrons. The van der Waals surface area contributed by atoms with Crippen LogP contribution < -0.4 is 0 Å². The quantitative estimate of drug-likeness (QED) is 0.614. The van der Waals surface area contributed by atoms with Crippen LogP contribution in [0.15, 0.2) is 0 Å². The number of aliphatic hydroxyl groups is 2. The highest BCUT2D eigenvalue weighted by Gasteiger charge is 1.98. The predicted octanol–water partition coefficient (Wildman–Crippen LogP) is 1.40. The Hall–Kier alpha value is -0.610. The van der Waals surface area contributed by atoms with E-state index < -0.39 is 5.97 Å². The zero-order valence-electron chi connectivity index (χ0n) is 9.07. The summed E-state index contributed by atoms with van der Waals surface area (Å²) in [4.78, 5) is 9.60. The maximum absolute atomic E-state index is 9.60. The third-order valence-electron chi connectivity index (χ3n) is 1.55. The van der Waals surface area contributed by atoms with Crippen molar-refractivity contribution in [2.45, 2.75) is 52.1 Å². The van der Waals surface area contributed by atoms with E-state index in [1.807, 2.05) is 13.8 Å². The number of carboxylic acids is 1. The van der Waals surface area contributed by atoms with Crippen molar-refractivity contribution >= 4 is 5.97 Å². The van der Waals surface area contributed by atoms with Crippen molar-refractivity contribution in [1.29, 1.82) is 0 Å². The van der Waals surface area contributed by atoms with Gasteiger partial charge in [0.15, 0.2) is 0 Å². The van der Waals surface area contributed by atoms with E-state index in [1.54, 1.807) is 0 Å². The van der Waals surface area contributed by atoms with Crippen LogP contribution in [0.4, 0.5) is 0 Å². The van der Waals surface area contributed by atoms with Crippen LogP contribution in [-0.4, -0.2) is 34.0 Å². The minimum atomic E-state index is -0.711. The maximum atomic E-state index is 9.60. The molecule has 14 heavy (non-hydrogen) atoms. The summed E-state index contributed by atoms with van der Waals surface area (Å²) in [7, 11) is 0. The number of carboxylic acid groups (broad SMARTS) is 1. The van der Waals surface area contributed by atoms with Crippen molar-refractivity contribution < 1.29 is 20.1 Å². The van der Waals surface area contributed by atoms with E-state index in [-0.39, 0.29) is 12.7 Å². The molecular weight excluding hydrogens is 184 g/mol. The van der Waals surface area contributed by atoms with E-state index in [9.17, 15) is 4.79 Å². The SMILES string of the molecule is CCCC(=O)O.CCCC(O)CCO. The van der Waals surface area contributed by atoms with Gasteiger partial charge in [-0.2, -0.15) is 0 Å². The molecule has 0 rings (SSSR count). The summed E-state index contributed by atoms with van der Waals surface area (Å²) in [6.07, 6.45) is 3.05. The van der Waals surface area contributed by atoms with Gasteiger partial charge >= 0.3 is 5.97 Å². The van der Waals surface area contributed by atoms with Gasteiger partial charge in [-0.3, -0.25) is 4.79 Å². The van der Waals surface area contributed by atoms with Crippen molar-refractivity contribution in [2.24, 2.45) is 0 Å². The number of hydrogen-bond acceptors (Lipinski definition) is 3. The molecule has 0 bridgehead atoms. The van der Waals surface area contributed by atoms with Crippen LogP contribution in [0.3, 0.4) is 0 Å². The fourth-order valence-electron chi connectivity index (χ4n) is 0.840. The Labute approximate surface area is 85.6 Å². The summed E-state index contributed by atoms with van der Waals surface area (Å²) in [5.74, 6) is -0.711. The molecule has 4 nitrogen and oxygen atoms in total. The average Bonchev–Trinajstić information content (AvgIpc) is 2.05. The third-order valence-corrected chi connectivity index (χ3v) is 1.55. The van der Waals surface area contributed by atoms with Gasteiger partial charge in [0.25, 0.3) is 0 Å². The van der Waals surface area contributed by atoms with E-state index in [4.69, 9.17) is 15.3 Å². The highest BCUT2D eigenvalue weighted by atomic mass is 16.4. The Bertz CT molecular complexity index is 119. The van der Waals surface area contributed by atoms with E-state index in [2.05, 4.69) is 0 Å². The van der Waals surface area contributed by atoms with Crippen molar-refractivity contribution in [1.82, 2.24) is 0 Å². The van der Waals surface area contributed by atoms with Gasteiger partial charge in [-0.05, 0) is 19.3 Å². The standard InChI is InChI=1S/C6H14O2.C4H8O2/c1-2-3-6(8)4-5-7;1-2-3-4(5)6/h6-8H,2-5H2,1H3;2-3H2,1H3,(H,5,6). The average molecular weight is 206 g/mol. The summed E-state index contributed by atoms with van der Waals surface area (Å²) < 4.78 is 0. The van der Waals surface area contributed by atoms with Crippen LogP contribution in [0.1, 0.15) is 46.0 Å². The second kappa shape index (κ2) is 12.4. The minimum Gasteiger partial charge on any atom is -0.481 e. The lowest BCUT2D eigenvalue weighted by Crippen LogP contribution is -2.07. The topological polar surface area (TPSA) is 77.8 Å². The molecule has 0 fully saturated rings. The Kier molecular flexibility index (Phi) is 14.0.